The van der Waals surface area contributed by atoms with E-state index in [1.54, 1.807) is 0 Å². The van der Waals surface area contributed by atoms with Gasteiger partial charge in [-0.1, -0.05) is 11.6 Å². The molecule has 18 heavy (non-hydrogen) atoms. The quantitative estimate of drug-likeness (QED) is 0.861. The van der Waals surface area contributed by atoms with Gasteiger partial charge in [-0.25, -0.2) is 9.18 Å². The number of fused-ring (bicyclic) bond motifs is 1. The Bertz CT molecular complexity index is 491. The second-order valence-electron chi connectivity index (χ2n) is 3.70. The fourth-order valence-electron chi connectivity index (χ4n) is 1.64. The molecule has 2 rings (SSSR count). The van der Waals surface area contributed by atoms with Gasteiger partial charge in [0, 0.05) is 12.5 Å². The van der Waals surface area contributed by atoms with E-state index in [0.29, 0.717) is 13.0 Å². The van der Waals surface area contributed by atoms with Crippen LogP contribution in [-0.2, 0) is 4.79 Å². The summed E-state index contributed by atoms with van der Waals surface area (Å²) >= 11 is 5.64. The summed E-state index contributed by atoms with van der Waals surface area (Å²) in [4.78, 5) is 10.8. The number of halogens is 2. The van der Waals surface area contributed by atoms with Crippen LogP contribution in [0.3, 0.4) is 0 Å². The van der Waals surface area contributed by atoms with Crippen LogP contribution >= 0.6 is 11.6 Å². The van der Waals surface area contributed by atoms with Crippen molar-refractivity contribution in [1.82, 2.24) is 0 Å². The monoisotopic (exact) mass is 276 g/mol. The molecule has 0 saturated carbocycles. The smallest absolute Gasteiger partial charge is 0.337 e. The van der Waals surface area contributed by atoms with Crippen molar-refractivity contribution in [3.8, 4) is 11.5 Å². The number of hydrogen-bond acceptors (Lipinski definition) is 4. The first kappa shape index (κ1) is 12.9. The molecule has 7 heteroatoms. The Kier molecular flexibility index (Phi) is 3.58. The molecule has 1 aromatic rings. The van der Waals surface area contributed by atoms with Crippen LogP contribution in [0, 0.1) is 5.82 Å². The van der Waals surface area contributed by atoms with Crippen LogP contribution in [-0.4, -0.2) is 29.4 Å². The maximum absolute atomic E-state index is 13.8. The predicted octanol–water partition coefficient (Wildman–Crippen LogP) is 1.76. The average Bonchev–Trinajstić information content (AvgIpc) is 2.55. The second kappa shape index (κ2) is 4.99. The highest BCUT2D eigenvalue weighted by Gasteiger charge is 2.30. The zero-order chi connectivity index (χ0) is 13.3. The summed E-state index contributed by atoms with van der Waals surface area (Å²) in [5, 5.41) is 18.0. The van der Waals surface area contributed by atoms with Crippen molar-refractivity contribution >= 4 is 17.6 Å². The van der Waals surface area contributed by atoms with E-state index in [-0.39, 0.29) is 23.1 Å². The molecule has 0 spiro atoms. The zero-order valence-electron chi connectivity index (χ0n) is 9.15. The molecule has 1 aromatic carbocycles. The molecule has 1 atom stereocenters. The molecule has 1 heterocycles. The molecule has 0 bridgehead atoms. The van der Waals surface area contributed by atoms with E-state index >= 15 is 0 Å². The lowest BCUT2D eigenvalue weighted by Gasteiger charge is -2.16. The van der Waals surface area contributed by atoms with Gasteiger partial charge in [0.1, 0.15) is 0 Å². The van der Waals surface area contributed by atoms with Crippen molar-refractivity contribution in [3.05, 3.63) is 22.5 Å². The van der Waals surface area contributed by atoms with Crippen LogP contribution < -0.4 is 9.47 Å². The van der Waals surface area contributed by atoms with Crippen LogP contribution in [0.1, 0.15) is 18.1 Å². The summed E-state index contributed by atoms with van der Waals surface area (Å²) in [6, 6.07) is 1.20. The van der Waals surface area contributed by atoms with Gasteiger partial charge in [-0.2, -0.15) is 0 Å². The normalized spacial score (nSPS) is 15.9. The third kappa shape index (κ3) is 2.21. The van der Waals surface area contributed by atoms with Crippen LogP contribution in [0.5, 0.6) is 11.5 Å². The number of benzene rings is 1. The van der Waals surface area contributed by atoms with Gasteiger partial charge in [-0.3, -0.25) is 0 Å². The topological polar surface area (TPSA) is 76.0 Å². The summed E-state index contributed by atoms with van der Waals surface area (Å²) in [6.45, 7) is 0.588. The zero-order valence-corrected chi connectivity index (χ0v) is 9.91. The lowest BCUT2D eigenvalue weighted by atomic mass is 10.1. The van der Waals surface area contributed by atoms with Crippen LogP contribution in [0.2, 0.25) is 5.02 Å². The molecular weight excluding hydrogens is 267 g/mol. The maximum atomic E-state index is 13.8. The van der Waals surface area contributed by atoms with Gasteiger partial charge in [-0.15, -0.1) is 0 Å². The molecular formula is C11H10ClFO5. The van der Waals surface area contributed by atoms with E-state index < -0.39 is 23.5 Å². The first-order valence-electron chi connectivity index (χ1n) is 5.20. The lowest BCUT2D eigenvalue weighted by molar-refractivity contribution is -0.147. The summed E-state index contributed by atoms with van der Waals surface area (Å²) in [6.07, 6.45) is -1.49. The van der Waals surface area contributed by atoms with E-state index in [4.69, 9.17) is 26.2 Å². The number of aliphatic hydroxyl groups excluding tert-OH is 1. The third-order valence-corrected chi connectivity index (χ3v) is 2.75. The molecule has 0 amide bonds. The SMILES string of the molecule is O=C(O)C(O)c1c(F)c(Cl)cc2c1OCCCO2. The summed E-state index contributed by atoms with van der Waals surface area (Å²) in [5.74, 6) is -2.58. The van der Waals surface area contributed by atoms with Gasteiger partial charge in [0.15, 0.2) is 23.4 Å². The van der Waals surface area contributed by atoms with E-state index in [2.05, 4.69) is 0 Å². The summed E-state index contributed by atoms with van der Waals surface area (Å²) in [5.41, 5.74) is -0.507. The number of ether oxygens (including phenoxy) is 2. The van der Waals surface area contributed by atoms with Gasteiger partial charge in [-0.05, 0) is 0 Å². The average molecular weight is 277 g/mol. The van der Waals surface area contributed by atoms with Crippen LogP contribution in [0.25, 0.3) is 0 Å². The van der Waals surface area contributed by atoms with Crippen molar-refractivity contribution in [3.63, 3.8) is 0 Å². The number of rotatable bonds is 2. The summed E-state index contributed by atoms with van der Waals surface area (Å²) < 4.78 is 24.4. The Hall–Kier alpha value is -1.53. The Labute approximate surface area is 107 Å². The van der Waals surface area contributed by atoms with Gasteiger partial charge in [0.2, 0.25) is 0 Å². The highest BCUT2D eigenvalue weighted by molar-refractivity contribution is 6.31. The number of carbonyl (C=O) groups is 1. The third-order valence-electron chi connectivity index (χ3n) is 2.47. The van der Waals surface area contributed by atoms with Crippen molar-refractivity contribution < 1.29 is 28.9 Å². The van der Waals surface area contributed by atoms with Gasteiger partial charge < -0.3 is 19.7 Å². The number of hydrogen-bond donors (Lipinski definition) is 2. The van der Waals surface area contributed by atoms with E-state index in [9.17, 15) is 14.3 Å². The molecule has 0 aliphatic carbocycles. The molecule has 5 nitrogen and oxygen atoms in total. The molecule has 1 unspecified atom stereocenters. The molecule has 0 radical (unpaired) electrons. The molecule has 1 aliphatic heterocycles. The number of aliphatic carboxylic acids is 1. The fraction of sp³-hybridized carbons (Fsp3) is 0.364. The minimum absolute atomic E-state index is 0.107. The predicted molar refractivity (Wildman–Crippen MR) is 59.6 cm³/mol. The van der Waals surface area contributed by atoms with Crippen molar-refractivity contribution in [2.24, 2.45) is 0 Å². The number of aliphatic hydroxyl groups is 1. The first-order valence-corrected chi connectivity index (χ1v) is 5.58. The van der Waals surface area contributed by atoms with Gasteiger partial charge >= 0.3 is 5.97 Å². The molecule has 0 saturated heterocycles. The Balaban J connectivity index is 2.61. The molecule has 98 valence electrons. The number of carboxylic acid groups (broad SMARTS) is 1. The molecule has 0 aromatic heterocycles. The summed E-state index contributed by atoms with van der Waals surface area (Å²) in [7, 11) is 0. The van der Waals surface area contributed by atoms with Crippen LogP contribution in [0.4, 0.5) is 4.39 Å². The Morgan fingerprint density at radius 3 is 2.78 bits per heavy atom. The minimum Gasteiger partial charge on any atom is -0.489 e. The van der Waals surface area contributed by atoms with Crippen LogP contribution in [0.15, 0.2) is 6.07 Å². The largest absolute Gasteiger partial charge is 0.489 e. The number of carboxylic acids is 1. The van der Waals surface area contributed by atoms with Crippen molar-refractivity contribution in [1.29, 1.82) is 0 Å². The first-order chi connectivity index (χ1) is 8.52. The van der Waals surface area contributed by atoms with Gasteiger partial charge in [0.05, 0.1) is 23.8 Å². The lowest BCUT2D eigenvalue weighted by Crippen LogP contribution is -2.14. The molecule has 0 fully saturated rings. The second-order valence-corrected chi connectivity index (χ2v) is 4.11. The standard InChI is InChI=1S/C11H10ClFO5/c12-5-4-6-10(18-3-1-2-17-6)7(8(5)13)9(14)11(15)16/h4,9,14H,1-3H2,(H,15,16). The van der Waals surface area contributed by atoms with Crippen molar-refractivity contribution in [2.75, 3.05) is 13.2 Å². The molecule has 1 aliphatic rings. The highest BCUT2D eigenvalue weighted by atomic mass is 35.5. The Morgan fingerprint density at radius 1 is 1.44 bits per heavy atom. The van der Waals surface area contributed by atoms with Crippen molar-refractivity contribution in [2.45, 2.75) is 12.5 Å². The van der Waals surface area contributed by atoms with E-state index in [0.717, 1.165) is 0 Å². The Morgan fingerprint density at radius 2 is 2.11 bits per heavy atom. The minimum atomic E-state index is -2.06. The van der Waals surface area contributed by atoms with E-state index in [1.165, 1.54) is 6.07 Å². The molecule has 2 N–H and O–H groups in total. The fourth-order valence-corrected chi connectivity index (χ4v) is 1.85. The van der Waals surface area contributed by atoms with Gasteiger partial charge in [0.25, 0.3) is 0 Å². The highest BCUT2D eigenvalue weighted by Crippen LogP contribution is 2.41. The van der Waals surface area contributed by atoms with E-state index in [1.807, 2.05) is 0 Å². The maximum Gasteiger partial charge on any atom is 0.337 e.